The summed E-state index contributed by atoms with van der Waals surface area (Å²) in [6.45, 7) is 12.4. The second kappa shape index (κ2) is 33.8. The number of fused-ring (bicyclic) bond motifs is 2. The normalized spacial score (nSPS) is 20.6. The molecule has 4 fully saturated rings. The molecule has 0 saturated heterocycles. The summed E-state index contributed by atoms with van der Waals surface area (Å²) in [5, 5.41) is 30.0. The number of rotatable bonds is 36. The van der Waals surface area contributed by atoms with Gasteiger partial charge in [-0.1, -0.05) is 81.9 Å². The number of carbonyl (C=O) groups is 9. The second-order valence-corrected chi connectivity index (χ2v) is 33.1. The Balaban J connectivity index is 0.661. The van der Waals surface area contributed by atoms with E-state index in [1.54, 1.807) is 50.4 Å². The Bertz CT molecular complexity index is 4330. The zero-order chi connectivity index (χ0) is 76.4. The number of thiazole rings is 1. The number of nitrogens with zero attached hydrogens (tertiary/aromatic N) is 7. The molecule has 4 bridgehead atoms. The number of hydrogen-bond acceptors (Lipinski definition) is 18. The average molecular weight is 1510 g/mol. The van der Waals surface area contributed by atoms with E-state index < -0.39 is 61.4 Å². The quantitative estimate of drug-likeness (QED) is 0.0100. The molecule has 9 amide bonds. The van der Waals surface area contributed by atoms with Crippen molar-refractivity contribution in [3.63, 3.8) is 0 Å². The predicted octanol–water partition coefficient (Wildman–Crippen LogP) is 9.23. The van der Waals surface area contributed by atoms with Crippen LogP contribution in [0, 0.1) is 29.1 Å². The Morgan fingerprint density at radius 3 is 2.24 bits per heavy atom. The van der Waals surface area contributed by atoms with Gasteiger partial charge in [0.15, 0.2) is 10.8 Å². The van der Waals surface area contributed by atoms with Crippen LogP contribution in [0.3, 0.4) is 0 Å². The number of aromatic carboxylic acids is 1. The van der Waals surface area contributed by atoms with Crippen LogP contribution >= 0.6 is 18.9 Å². The van der Waals surface area contributed by atoms with Crippen molar-refractivity contribution in [1.29, 1.82) is 0 Å². The van der Waals surface area contributed by atoms with Gasteiger partial charge < -0.3 is 65.9 Å². The standard InChI is InChI=1S/C76H96N13O16PS/c1-48(2)64(84-61(90)19-7-6-10-31-88-62(91)26-27-63(88)92)68(95)81-58(17-12-29-78-70(77)98)67(94)80-52-22-20-50(21-23-52)40-104-72(99)86(30-13-37-106(100,101)102)33-34-103-35-36-105-76-44-73(4)41-74(5,45-76)43-75(42-73,46-76)47-89-49(3)55(38-79-89)53-24-25-60(83-65(53)69(96)97)87-32-28-51-14-11-15-54(56(51)39-87)66(93)85-71-82-57-16-8-9-18-59(57)107-71/h8-9,11,14-16,18,20-27,38,48,58,64H,6-7,10,12-13,17,19,28-37,39-47H2,1-5H3,(H,80,94)(H,81,95)(H,84,90)(H,96,97)(H3,77,78,98)(H,82,85,93)(H2,100,101,102)/t58-,64-,73?,74?,75?,76?/m0/s1. The number of carboxylic acids is 1. The topological polar surface area (TPSA) is 399 Å². The summed E-state index contributed by atoms with van der Waals surface area (Å²) >= 11 is 1.41. The molecule has 5 heterocycles. The van der Waals surface area contributed by atoms with Gasteiger partial charge in [0.1, 0.15) is 24.5 Å². The highest BCUT2D eigenvalue weighted by molar-refractivity contribution is 7.51. The van der Waals surface area contributed by atoms with Gasteiger partial charge in [0.2, 0.25) is 17.7 Å². The van der Waals surface area contributed by atoms with E-state index in [0.717, 1.165) is 70.5 Å². The summed E-state index contributed by atoms with van der Waals surface area (Å²) < 4.78 is 33.6. The molecule has 31 heteroatoms. The molecule has 0 radical (unpaired) electrons. The number of para-hydroxylation sites is 1. The van der Waals surface area contributed by atoms with Crippen LogP contribution in [0.15, 0.2) is 97.2 Å². The lowest BCUT2D eigenvalue weighted by atomic mass is 9.39. The number of anilines is 3. The van der Waals surface area contributed by atoms with Crippen molar-refractivity contribution >= 4 is 99.3 Å². The van der Waals surface area contributed by atoms with Crippen LogP contribution in [0.1, 0.15) is 154 Å². The minimum absolute atomic E-state index is 0.00915. The summed E-state index contributed by atoms with van der Waals surface area (Å²) in [4.78, 5) is 150. The first kappa shape index (κ1) is 78.6. The number of carbonyl (C=O) groups excluding carboxylic acids is 8. The van der Waals surface area contributed by atoms with Crippen LogP contribution in [0.5, 0.6) is 0 Å². The molecule has 3 aromatic carbocycles. The van der Waals surface area contributed by atoms with Crippen molar-refractivity contribution in [3.05, 3.63) is 131 Å². The second-order valence-electron chi connectivity index (χ2n) is 30.3. The van der Waals surface area contributed by atoms with E-state index in [2.05, 4.69) is 45.4 Å². The molecule has 4 aliphatic carbocycles. The van der Waals surface area contributed by atoms with Crippen LogP contribution in [-0.2, 0) is 68.9 Å². The third-order valence-corrected chi connectivity index (χ3v) is 22.7. The molecule has 572 valence electrons. The first-order valence-corrected chi connectivity index (χ1v) is 39.1. The number of carboxylic acid groups (broad SMARTS) is 1. The fraction of sp³-hybridized carbons (Fsp3) is 0.500. The van der Waals surface area contributed by atoms with Crippen LogP contribution < -0.4 is 37.2 Å². The van der Waals surface area contributed by atoms with Crippen LogP contribution in [0.2, 0.25) is 0 Å². The molecule has 3 aromatic heterocycles. The number of pyridine rings is 1. The zero-order valence-corrected chi connectivity index (χ0v) is 62.8. The maximum atomic E-state index is 13.8. The molecule has 2 unspecified atom stereocenters. The van der Waals surface area contributed by atoms with E-state index in [1.165, 1.54) is 28.4 Å². The monoisotopic (exact) mass is 1510 g/mol. The number of primary amides is 1. The van der Waals surface area contributed by atoms with Gasteiger partial charge in [0.05, 0.1) is 48.0 Å². The minimum atomic E-state index is -4.39. The smallest absolute Gasteiger partial charge is 0.410 e. The number of amides is 9. The number of ether oxygens (including phenoxy) is 3. The Labute approximate surface area is 624 Å². The molecular formula is C76H96N13O16PS. The summed E-state index contributed by atoms with van der Waals surface area (Å²) in [5.74, 6) is -3.66. The lowest BCUT2D eigenvalue weighted by Crippen LogP contribution is -2.64. The highest BCUT2D eigenvalue weighted by Gasteiger charge is 2.66. The zero-order valence-electron chi connectivity index (χ0n) is 61.1. The van der Waals surface area contributed by atoms with E-state index in [4.69, 9.17) is 30.0 Å². The maximum absolute atomic E-state index is 13.8. The third kappa shape index (κ3) is 20.0. The number of benzene rings is 3. The number of nitrogens with one attached hydrogen (secondary N) is 5. The number of imide groups is 1. The Kier molecular flexibility index (Phi) is 24.8. The fourth-order valence-corrected chi connectivity index (χ4v) is 18.6. The highest BCUT2D eigenvalue weighted by Crippen LogP contribution is 2.72. The Hall–Kier alpha value is -9.45. The number of unbranched alkanes of at least 4 members (excludes halogenated alkanes) is 2. The molecule has 29 nitrogen and oxygen atoms in total. The lowest BCUT2D eigenvalue weighted by molar-refractivity contribution is -0.250. The van der Waals surface area contributed by atoms with E-state index >= 15 is 0 Å². The van der Waals surface area contributed by atoms with Gasteiger partial charge in [-0.3, -0.25) is 48.2 Å². The van der Waals surface area contributed by atoms with E-state index in [-0.39, 0.29) is 130 Å². The molecule has 0 spiro atoms. The fourth-order valence-electron chi connectivity index (χ4n) is 17.1. The Morgan fingerprint density at radius 2 is 1.53 bits per heavy atom. The molecule has 12 rings (SSSR count). The molecular weight excluding hydrogens is 1410 g/mol. The largest absolute Gasteiger partial charge is 0.476 e. The van der Waals surface area contributed by atoms with Gasteiger partial charge in [-0.05, 0) is 165 Å². The number of urea groups is 1. The van der Waals surface area contributed by atoms with Crippen LogP contribution in [0.25, 0.3) is 21.3 Å². The summed E-state index contributed by atoms with van der Waals surface area (Å²) in [5.41, 5.74) is 10.6. The van der Waals surface area contributed by atoms with Crippen molar-refractivity contribution in [1.82, 2.24) is 45.5 Å². The minimum Gasteiger partial charge on any atom is -0.476 e. The van der Waals surface area contributed by atoms with E-state index in [1.807, 2.05) is 65.0 Å². The van der Waals surface area contributed by atoms with Gasteiger partial charge in [-0.25, -0.2) is 24.4 Å². The van der Waals surface area contributed by atoms with E-state index in [9.17, 15) is 62.6 Å². The van der Waals surface area contributed by atoms with Crippen molar-refractivity contribution in [2.24, 2.45) is 27.9 Å². The summed E-state index contributed by atoms with van der Waals surface area (Å²) in [6, 6.07) is 20.6. The first-order valence-electron chi connectivity index (χ1n) is 36.5. The molecule has 107 heavy (non-hydrogen) atoms. The maximum Gasteiger partial charge on any atom is 0.410 e. The summed E-state index contributed by atoms with van der Waals surface area (Å²) in [7, 11) is -4.39. The van der Waals surface area contributed by atoms with Crippen molar-refractivity contribution in [3.8, 4) is 11.1 Å². The third-order valence-electron chi connectivity index (χ3n) is 20.9. The number of nitrogens with two attached hydrogens (primary N) is 1. The lowest BCUT2D eigenvalue weighted by Gasteiger charge is -2.69. The molecule has 4 saturated carbocycles. The molecule has 6 aromatic rings. The van der Waals surface area contributed by atoms with Crippen LogP contribution in [-0.4, -0.2) is 174 Å². The van der Waals surface area contributed by atoms with Gasteiger partial charge in [0, 0.05) is 92.5 Å². The molecule has 2 aliphatic heterocycles. The van der Waals surface area contributed by atoms with E-state index in [0.29, 0.717) is 84.2 Å². The van der Waals surface area contributed by atoms with Gasteiger partial charge in [-0.15, -0.1) is 0 Å². The molecule has 10 N–H and O–H groups in total. The average Bonchev–Trinajstić information content (AvgIpc) is 1.23. The molecule has 4 atom stereocenters. The summed E-state index contributed by atoms with van der Waals surface area (Å²) in [6.07, 6.45) is 11.1. The van der Waals surface area contributed by atoms with Gasteiger partial charge >= 0.3 is 25.7 Å². The van der Waals surface area contributed by atoms with Crippen molar-refractivity contribution in [2.75, 3.05) is 74.2 Å². The molecule has 6 aliphatic rings. The predicted molar refractivity (Wildman–Crippen MR) is 400 cm³/mol. The van der Waals surface area contributed by atoms with Gasteiger partial charge in [-0.2, -0.15) is 5.10 Å². The SMILES string of the molecule is Cc1c(-c2ccc(N3CCc4cccc(C(=O)Nc5nc6ccccc6s5)c4C3)nc2C(=O)O)cnn1CC12CC3(C)CC(C)(C1)CC(OCCOCCN(CCCP(=O)(O)O)C(=O)OCc1ccc(NC(=O)[C@H](CCCNC(N)=O)NC(=O)[C@@H](NC(=O)CCCCCN4C(=O)C=CC4=O)C(C)C)cc1)(C3)C2. The number of aromatic nitrogens is 4. The van der Waals surface area contributed by atoms with Crippen LogP contribution in [0.4, 0.5) is 26.2 Å². The Morgan fingerprint density at radius 1 is 0.785 bits per heavy atom. The van der Waals surface area contributed by atoms with Crippen molar-refractivity contribution in [2.45, 2.75) is 162 Å². The number of hydrogen-bond donors (Lipinski definition) is 9. The highest BCUT2D eigenvalue weighted by atomic mass is 32.1. The van der Waals surface area contributed by atoms with Gasteiger partial charge in [0.25, 0.3) is 17.7 Å². The first-order chi connectivity index (χ1) is 51.0. The van der Waals surface area contributed by atoms with Crippen molar-refractivity contribution < 1.29 is 76.8 Å².